The Labute approximate surface area is 112 Å². The van der Waals surface area contributed by atoms with Gasteiger partial charge in [-0.3, -0.25) is 0 Å². The van der Waals surface area contributed by atoms with Crippen molar-refractivity contribution in [1.82, 2.24) is 5.32 Å². The normalized spacial score (nSPS) is 14.8. The van der Waals surface area contributed by atoms with Gasteiger partial charge in [0.15, 0.2) is 11.6 Å². The second-order valence-electron chi connectivity index (χ2n) is 4.61. The molecule has 0 heterocycles. The zero-order valence-corrected chi connectivity index (χ0v) is 11.6. The van der Waals surface area contributed by atoms with E-state index < -0.39 is 0 Å². The van der Waals surface area contributed by atoms with E-state index in [1.54, 1.807) is 23.9 Å². The van der Waals surface area contributed by atoms with Crippen molar-refractivity contribution in [2.75, 3.05) is 18.6 Å². The summed E-state index contributed by atoms with van der Waals surface area (Å²) in [5.74, 6) is 1.16. The van der Waals surface area contributed by atoms with Gasteiger partial charge in [-0.2, -0.15) is 11.8 Å². The van der Waals surface area contributed by atoms with Crippen LogP contribution in [-0.2, 0) is 6.54 Å². The fraction of sp³-hybridized carbons (Fsp3) is 0.571. The fourth-order valence-electron chi connectivity index (χ4n) is 1.71. The lowest BCUT2D eigenvalue weighted by Gasteiger charge is -2.09. The summed E-state index contributed by atoms with van der Waals surface area (Å²) >= 11 is 1.78. The molecule has 4 heteroatoms. The molecule has 0 amide bonds. The summed E-state index contributed by atoms with van der Waals surface area (Å²) in [4.78, 5) is 0. The van der Waals surface area contributed by atoms with Crippen molar-refractivity contribution in [2.45, 2.75) is 31.8 Å². The van der Waals surface area contributed by atoms with Crippen LogP contribution in [0, 0.1) is 5.82 Å². The van der Waals surface area contributed by atoms with Gasteiger partial charge in [0.05, 0.1) is 6.61 Å². The third kappa shape index (κ3) is 4.50. The lowest BCUT2D eigenvalue weighted by Crippen LogP contribution is -2.15. The minimum Gasteiger partial charge on any atom is -0.490 e. The molecular formula is C14H20FNOS. The third-order valence-electron chi connectivity index (χ3n) is 2.92. The van der Waals surface area contributed by atoms with Gasteiger partial charge < -0.3 is 10.1 Å². The summed E-state index contributed by atoms with van der Waals surface area (Å²) in [5.41, 5.74) is 0.982. The highest BCUT2D eigenvalue weighted by molar-refractivity contribution is 7.98. The summed E-state index contributed by atoms with van der Waals surface area (Å²) in [6.07, 6.45) is 5.51. The van der Waals surface area contributed by atoms with E-state index in [-0.39, 0.29) is 5.82 Å². The Bertz CT molecular complexity index is 382. The predicted molar refractivity (Wildman–Crippen MR) is 74.8 cm³/mol. The smallest absolute Gasteiger partial charge is 0.165 e. The number of rotatable bonds is 8. The largest absolute Gasteiger partial charge is 0.490 e. The first-order valence-corrected chi connectivity index (χ1v) is 7.82. The van der Waals surface area contributed by atoms with E-state index in [2.05, 4.69) is 11.6 Å². The maximum absolute atomic E-state index is 13.7. The molecule has 0 aromatic heterocycles. The van der Waals surface area contributed by atoms with Gasteiger partial charge in [0.25, 0.3) is 0 Å². The van der Waals surface area contributed by atoms with E-state index in [1.165, 1.54) is 12.8 Å². The first-order chi connectivity index (χ1) is 8.79. The van der Waals surface area contributed by atoms with E-state index in [0.29, 0.717) is 18.4 Å². The Hall–Kier alpha value is -0.740. The molecule has 1 aromatic carbocycles. The van der Waals surface area contributed by atoms with Gasteiger partial charge in [0, 0.05) is 12.6 Å². The molecule has 1 aliphatic carbocycles. The molecule has 2 rings (SSSR count). The molecule has 18 heavy (non-hydrogen) atoms. The van der Waals surface area contributed by atoms with Gasteiger partial charge in [0.2, 0.25) is 0 Å². The van der Waals surface area contributed by atoms with Crippen LogP contribution in [0.15, 0.2) is 18.2 Å². The molecule has 2 nitrogen and oxygen atoms in total. The molecule has 0 bridgehead atoms. The Morgan fingerprint density at radius 1 is 1.44 bits per heavy atom. The Morgan fingerprint density at radius 2 is 2.28 bits per heavy atom. The number of benzene rings is 1. The second-order valence-corrected chi connectivity index (χ2v) is 5.60. The first-order valence-electron chi connectivity index (χ1n) is 6.43. The van der Waals surface area contributed by atoms with Crippen molar-refractivity contribution >= 4 is 11.8 Å². The molecule has 1 saturated carbocycles. The van der Waals surface area contributed by atoms with E-state index in [0.717, 1.165) is 24.3 Å². The van der Waals surface area contributed by atoms with Crippen LogP contribution in [0.3, 0.4) is 0 Å². The van der Waals surface area contributed by atoms with Gasteiger partial charge in [0.1, 0.15) is 0 Å². The van der Waals surface area contributed by atoms with Crippen molar-refractivity contribution in [3.8, 4) is 5.75 Å². The van der Waals surface area contributed by atoms with E-state index >= 15 is 0 Å². The zero-order chi connectivity index (χ0) is 12.8. The summed E-state index contributed by atoms with van der Waals surface area (Å²) in [5, 5.41) is 3.37. The molecule has 0 radical (unpaired) electrons. The fourth-order valence-corrected chi connectivity index (χ4v) is 2.11. The van der Waals surface area contributed by atoms with Crippen molar-refractivity contribution < 1.29 is 9.13 Å². The van der Waals surface area contributed by atoms with Crippen LogP contribution in [0.2, 0.25) is 0 Å². The molecule has 0 unspecified atom stereocenters. The van der Waals surface area contributed by atoms with E-state index in [9.17, 15) is 4.39 Å². The standard InChI is InChI=1S/C14H20FNOS/c1-18-8-2-7-17-14-6-3-11(9-13(14)15)10-16-12-4-5-12/h3,6,9,12,16H,2,4-5,7-8,10H2,1H3. The summed E-state index contributed by atoms with van der Waals surface area (Å²) in [6.45, 7) is 1.33. The van der Waals surface area contributed by atoms with E-state index in [1.807, 2.05) is 6.07 Å². The molecular weight excluding hydrogens is 249 g/mol. The molecule has 0 atom stereocenters. The minimum atomic E-state index is -0.255. The number of nitrogens with one attached hydrogen (secondary N) is 1. The highest BCUT2D eigenvalue weighted by Gasteiger charge is 2.20. The van der Waals surface area contributed by atoms with Crippen molar-refractivity contribution in [3.63, 3.8) is 0 Å². The quantitative estimate of drug-likeness (QED) is 0.732. The lowest BCUT2D eigenvalue weighted by molar-refractivity contribution is 0.302. The SMILES string of the molecule is CSCCCOc1ccc(CNC2CC2)cc1F. The van der Waals surface area contributed by atoms with Gasteiger partial charge >= 0.3 is 0 Å². The minimum absolute atomic E-state index is 0.255. The predicted octanol–water partition coefficient (Wildman–Crippen LogP) is 3.21. The van der Waals surface area contributed by atoms with Gasteiger partial charge in [-0.25, -0.2) is 4.39 Å². The van der Waals surface area contributed by atoms with Gasteiger partial charge in [-0.1, -0.05) is 6.07 Å². The van der Waals surface area contributed by atoms with Crippen molar-refractivity contribution in [1.29, 1.82) is 0 Å². The zero-order valence-electron chi connectivity index (χ0n) is 10.7. The van der Waals surface area contributed by atoms with Crippen LogP contribution in [0.1, 0.15) is 24.8 Å². The number of hydrogen-bond donors (Lipinski definition) is 1. The molecule has 0 aliphatic heterocycles. The molecule has 0 saturated heterocycles. The monoisotopic (exact) mass is 269 g/mol. The summed E-state index contributed by atoms with van der Waals surface area (Å²) in [6, 6.07) is 5.88. The maximum Gasteiger partial charge on any atom is 0.165 e. The van der Waals surface area contributed by atoms with Gasteiger partial charge in [-0.15, -0.1) is 0 Å². The summed E-state index contributed by atoms with van der Waals surface area (Å²) in [7, 11) is 0. The molecule has 1 aromatic rings. The molecule has 1 fully saturated rings. The Kier molecular flexibility index (Phi) is 5.32. The average Bonchev–Trinajstić information content (AvgIpc) is 3.18. The highest BCUT2D eigenvalue weighted by atomic mass is 32.2. The van der Waals surface area contributed by atoms with Gasteiger partial charge in [-0.05, 0) is 49.0 Å². The number of ether oxygens (including phenoxy) is 1. The summed E-state index contributed by atoms with van der Waals surface area (Å²) < 4.78 is 19.2. The number of hydrogen-bond acceptors (Lipinski definition) is 3. The molecule has 1 N–H and O–H groups in total. The van der Waals surface area contributed by atoms with Crippen LogP contribution < -0.4 is 10.1 Å². The second kappa shape index (κ2) is 7.00. The Balaban J connectivity index is 1.79. The maximum atomic E-state index is 13.7. The van der Waals surface area contributed by atoms with Crippen molar-refractivity contribution in [2.24, 2.45) is 0 Å². The van der Waals surface area contributed by atoms with Crippen molar-refractivity contribution in [3.05, 3.63) is 29.6 Å². The lowest BCUT2D eigenvalue weighted by atomic mass is 10.2. The number of halogens is 1. The van der Waals surface area contributed by atoms with Crippen LogP contribution >= 0.6 is 11.8 Å². The Morgan fingerprint density at radius 3 is 2.94 bits per heavy atom. The van der Waals surface area contributed by atoms with Crippen LogP contribution in [0.4, 0.5) is 4.39 Å². The topological polar surface area (TPSA) is 21.3 Å². The molecule has 0 spiro atoms. The third-order valence-corrected chi connectivity index (χ3v) is 3.62. The van der Waals surface area contributed by atoms with Crippen LogP contribution in [0.25, 0.3) is 0 Å². The average molecular weight is 269 g/mol. The molecule has 1 aliphatic rings. The van der Waals surface area contributed by atoms with E-state index in [4.69, 9.17) is 4.74 Å². The first kappa shape index (κ1) is 13.7. The number of thioether (sulfide) groups is 1. The van der Waals surface area contributed by atoms with Crippen LogP contribution in [0.5, 0.6) is 5.75 Å². The molecule has 100 valence electrons. The highest BCUT2D eigenvalue weighted by Crippen LogP contribution is 2.21. The van der Waals surface area contributed by atoms with Crippen LogP contribution in [-0.4, -0.2) is 24.7 Å².